The van der Waals surface area contributed by atoms with Crippen molar-refractivity contribution < 1.29 is 39.8 Å². The van der Waals surface area contributed by atoms with E-state index in [2.05, 4.69) is 67.8 Å². The minimum Gasteiger partial charge on any atom is -0.394 e. The third-order valence-corrected chi connectivity index (χ3v) is 9.81. The summed E-state index contributed by atoms with van der Waals surface area (Å²) in [7, 11) is 0. The molecule has 7 atom stereocenters. The van der Waals surface area contributed by atoms with Crippen LogP contribution in [0.5, 0.6) is 0 Å². The number of hydrogen-bond acceptors (Lipinski definition) is 8. The molecule has 0 radical (unpaired) electrons. The average molecular weight is 762 g/mol. The Morgan fingerprint density at radius 3 is 1.70 bits per heavy atom. The van der Waals surface area contributed by atoms with Crippen molar-refractivity contribution in [3.8, 4) is 0 Å². The van der Waals surface area contributed by atoms with Crippen LogP contribution in [0.2, 0.25) is 0 Å². The Morgan fingerprint density at radius 2 is 1.11 bits per heavy atom. The number of amides is 1. The molecular weight excluding hydrogens is 682 g/mol. The maximum absolute atomic E-state index is 12.9. The van der Waals surface area contributed by atoms with Crippen LogP contribution in [-0.4, -0.2) is 87.5 Å². The first kappa shape index (κ1) is 49.9. The topological polar surface area (TPSA) is 149 Å². The van der Waals surface area contributed by atoms with Gasteiger partial charge in [-0.1, -0.05) is 145 Å². The Kier molecular flexibility index (Phi) is 32.6. The van der Waals surface area contributed by atoms with Crippen LogP contribution < -0.4 is 5.32 Å². The van der Waals surface area contributed by atoms with Crippen molar-refractivity contribution in [3.05, 3.63) is 60.8 Å². The first-order valence-electron chi connectivity index (χ1n) is 21.5. The summed E-state index contributed by atoms with van der Waals surface area (Å²) in [6.07, 6.45) is 38.4. The molecule has 54 heavy (non-hydrogen) atoms. The van der Waals surface area contributed by atoms with Crippen LogP contribution in [0.1, 0.15) is 162 Å². The fourth-order valence-corrected chi connectivity index (χ4v) is 6.29. The molecule has 1 rings (SSSR count). The van der Waals surface area contributed by atoms with E-state index in [1.807, 2.05) is 6.08 Å². The van der Waals surface area contributed by atoms with E-state index in [-0.39, 0.29) is 12.5 Å². The van der Waals surface area contributed by atoms with Crippen molar-refractivity contribution >= 4 is 5.91 Å². The standard InChI is InChI=1S/C45H79NO8/c1-3-5-7-9-11-13-15-16-17-18-19-20-21-22-23-24-25-27-29-31-33-35-41(49)46-38(37-53-45-44(52)43(51)42(50)40(36-47)54-45)39(48)34-32-30-28-26-14-12-10-8-6-4-2/h14-16,18-19,21-22,26,32,34,38-40,42-45,47-48,50-52H,3-13,17,20,23-25,27-31,33,35-37H2,1-2H3,(H,46,49)/b16-15-,19-18-,22-21-,26-14+,34-32+. The van der Waals surface area contributed by atoms with Gasteiger partial charge in [-0.05, 0) is 70.6 Å². The Hall–Kier alpha value is -2.11. The van der Waals surface area contributed by atoms with E-state index in [9.17, 15) is 30.3 Å². The van der Waals surface area contributed by atoms with Gasteiger partial charge in [0.25, 0.3) is 0 Å². The zero-order valence-electron chi connectivity index (χ0n) is 34.0. The van der Waals surface area contributed by atoms with Gasteiger partial charge in [-0.3, -0.25) is 4.79 Å². The molecule has 0 aromatic heterocycles. The van der Waals surface area contributed by atoms with Crippen LogP contribution in [0, 0.1) is 0 Å². The zero-order chi connectivity index (χ0) is 39.5. The highest BCUT2D eigenvalue weighted by Crippen LogP contribution is 2.22. The third-order valence-electron chi connectivity index (χ3n) is 9.81. The molecule has 1 aliphatic heterocycles. The van der Waals surface area contributed by atoms with Gasteiger partial charge in [-0.15, -0.1) is 0 Å². The Balaban J connectivity index is 2.36. The fraction of sp³-hybridized carbons (Fsp3) is 0.756. The predicted molar refractivity (Wildman–Crippen MR) is 221 cm³/mol. The second kappa shape index (κ2) is 35.3. The van der Waals surface area contributed by atoms with Crippen LogP contribution in [0.4, 0.5) is 0 Å². The zero-order valence-corrected chi connectivity index (χ0v) is 34.0. The monoisotopic (exact) mass is 762 g/mol. The number of rotatable bonds is 34. The summed E-state index contributed by atoms with van der Waals surface area (Å²) in [5.41, 5.74) is 0. The van der Waals surface area contributed by atoms with Crippen molar-refractivity contribution in [2.24, 2.45) is 0 Å². The quantitative estimate of drug-likeness (QED) is 0.0283. The SMILES string of the molecule is CCCCCC/C=C/CC/C=C/C(O)C(COC1OC(CO)C(O)C(O)C1O)NC(=O)CCCCCCCC/C=C\C/C=C\C/C=C\CCCCCCC. The number of nitrogens with one attached hydrogen (secondary N) is 1. The number of aliphatic hydroxyl groups excluding tert-OH is 5. The van der Waals surface area contributed by atoms with E-state index in [1.165, 1.54) is 77.0 Å². The number of carbonyl (C=O) groups is 1. The molecule has 0 aliphatic carbocycles. The van der Waals surface area contributed by atoms with Gasteiger partial charge in [0.15, 0.2) is 6.29 Å². The normalized spacial score (nSPS) is 22.1. The summed E-state index contributed by atoms with van der Waals surface area (Å²) in [5, 5.41) is 53.9. The van der Waals surface area contributed by atoms with Crippen LogP contribution in [0.25, 0.3) is 0 Å². The summed E-state index contributed by atoms with van der Waals surface area (Å²) in [6, 6.07) is -0.828. The molecule has 0 aromatic carbocycles. The maximum atomic E-state index is 12.9. The number of aliphatic hydroxyl groups is 5. The van der Waals surface area contributed by atoms with Gasteiger partial charge in [-0.2, -0.15) is 0 Å². The van der Waals surface area contributed by atoms with Crippen molar-refractivity contribution in [3.63, 3.8) is 0 Å². The van der Waals surface area contributed by atoms with Gasteiger partial charge >= 0.3 is 0 Å². The van der Waals surface area contributed by atoms with Crippen molar-refractivity contribution in [1.29, 1.82) is 0 Å². The Bertz CT molecular complexity index is 1030. The first-order valence-corrected chi connectivity index (χ1v) is 21.5. The Labute approximate surface area is 328 Å². The summed E-state index contributed by atoms with van der Waals surface area (Å²) >= 11 is 0. The minimum atomic E-state index is -1.57. The molecule has 1 heterocycles. The second-order valence-corrected chi connectivity index (χ2v) is 14.8. The fourth-order valence-electron chi connectivity index (χ4n) is 6.29. The molecule has 1 amide bonds. The van der Waals surface area contributed by atoms with Crippen molar-refractivity contribution in [2.75, 3.05) is 13.2 Å². The molecule has 312 valence electrons. The van der Waals surface area contributed by atoms with Gasteiger partial charge < -0.3 is 40.3 Å². The molecule has 7 unspecified atom stereocenters. The highest BCUT2D eigenvalue weighted by Gasteiger charge is 2.44. The van der Waals surface area contributed by atoms with Gasteiger partial charge in [0.2, 0.25) is 5.91 Å². The molecule has 6 N–H and O–H groups in total. The first-order chi connectivity index (χ1) is 26.3. The molecule has 0 bridgehead atoms. The lowest BCUT2D eigenvalue weighted by Crippen LogP contribution is -2.60. The highest BCUT2D eigenvalue weighted by atomic mass is 16.7. The van der Waals surface area contributed by atoms with E-state index in [1.54, 1.807) is 6.08 Å². The molecule has 0 aromatic rings. The maximum Gasteiger partial charge on any atom is 0.220 e. The van der Waals surface area contributed by atoms with Gasteiger partial charge in [0, 0.05) is 6.42 Å². The smallest absolute Gasteiger partial charge is 0.220 e. The molecule has 9 nitrogen and oxygen atoms in total. The molecule has 1 fully saturated rings. The molecule has 0 saturated carbocycles. The summed E-state index contributed by atoms with van der Waals surface area (Å²) in [4.78, 5) is 12.9. The molecule has 9 heteroatoms. The number of carbonyl (C=O) groups excluding carboxylic acids is 1. The van der Waals surface area contributed by atoms with E-state index in [0.29, 0.717) is 6.42 Å². The molecule has 0 spiro atoms. The van der Waals surface area contributed by atoms with E-state index < -0.39 is 49.5 Å². The van der Waals surface area contributed by atoms with Crippen LogP contribution in [0.3, 0.4) is 0 Å². The number of hydrogen-bond donors (Lipinski definition) is 6. The van der Waals surface area contributed by atoms with Crippen LogP contribution in [0.15, 0.2) is 60.8 Å². The second-order valence-electron chi connectivity index (χ2n) is 14.8. The van der Waals surface area contributed by atoms with Crippen molar-refractivity contribution in [1.82, 2.24) is 5.32 Å². The van der Waals surface area contributed by atoms with Crippen LogP contribution >= 0.6 is 0 Å². The lowest BCUT2D eigenvalue weighted by atomic mass is 9.99. The number of allylic oxidation sites excluding steroid dienone is 9. The van der Waals surface area contributed by atoms with E-state index in [4.69, 9.17) is 9.47 Å². The third kappa shape index (κ3) is 25.9. The van der Waals surface area contributed by atoms with Gasteiger partial charge in [0.05, 0.1) is 25.4 Å². The highest BCUT2D eigenvalue weighted by molar-refractivity contribution is 5.76. The van der Waals surface area contributed by atoms with E-state index >= 15 is 0 Å². The van der Waals surface area contributed by atoms with Crippen LogP contribution in [-0.2, 0) is 14.3 Å². The molecular formula is C45H79NO8. The molecule has 1 aliphatic rings. The summed E-state index contributed by atoms with van der Waals surface area (Å²) in [5.74, 6) is -0.205. The lowest BCUT2D eigenvalue weighted by Gasteiger charge is -2.40. The largest absolute Gasteiger partial charge is 0.394 e. The average Bonchev–Trinajstić information content (AvgIpc) is 3.17. The minimum absolute atomic E-state index is 0.205. The number of unbranched alkanes of at least 4 members (excludes halogenated alkanes) is 16. The summed E-state index contributed by atoms with van der Waals surface area (Å²) < 4.78 is 11.1. The number of ether oxygens (including phenoxy) is 2. The van der Waals surface area contributed by atoms with Gasteiger partial charge in [-0.25, -0.2) is 0 Å². The van der Waals surface area contributed by atoms with Crippen molar-refractivity contribution in [2.45, 2.75) is 204 Å². The Morgan fingerprint density at radius 1 is 0.630 bits per heavy atom. The van der Waals surface area contributed by atoms with E-state index in [0.717, 1.165) is 64.2 Å². The summed E-state index contributed by atoms with van der Waals surface area (Å²) in [6.45, 7) is 3.67. The predicted octanol–water partition coefficient (Wildman–Crippen LogP) is 8.44. The molecule has 1 saturated heterocycles. The lowest BCUT2D eigenvalue weighted by molar-refractivity contribution is -0.302. The van der Waals surface area contributed by atoms with Gasteiger partial charge in [0.1, 0.15) is 24.4 Å².